The zero-order valence-electron chi connectivity index (χ0n) is 16.1. The predicted octanol–water partition coefficient (Wildman–Crippen LogP) is 1.63. The molecule has 25 heavy (non-hydrogen) atoms. The van der Waals surface area contributed by atoms with Gasteiger partial charge in [0.15, 0.2) is 6.04 Å². The number of rotatable bonds is 4. The number of methoxy groups -OCH3 is 1. The first-order chi connectivity index (χ1) is 11.3. The summed E-state index contributed by atoms with van der Waals surface area (Å²) in [5, 5.41) is 12.1. The second-order valence-electron chi connectivity index (χ2n) is 8.32. The molecule has 1 saturated heterocycles. The lowest BCUT2D eigenvalue weighted by molar-refractivity contribution is -0.153. The van der Waals surface area contributed by atoms with Gasteiger partial charge in [0.1, 0.15) is 11.6 Å². The highest BCUT2D eigenvalue weighted by atomic mass is 16.6. The molecule has 8 nitrogen and oxygen atoms in total. The topological polar surface area (TPSA) is 105 Å². The van der Waals surface area contributed by atoms with Gasteiger partial charge in [-0.3, -0.25) is 4.79 Å². The summed E-state index contributed by atoms with van der Waals surface area (Å²) >= 11 is 0. The third-order valence-electron chi connectivity index (χ3n) is 3.96. The van der Waals surface area contributed by atoms with Crippen LogP contribution >= 0.6 is 0 Å². The largest absolute Gasteiger partial charge is 0.480 e. The lowest BCUT2D eigenvalue weighted by Crippen LogP contribution is -2.58. The van der Waals surface area contributed by atoms with Crippen molar-refractivity contribution < 1.29 is 29.0 Å². The van der Waals surface area contributed by atoms with E-state index in [1.54, 1.807) is 41.5 Å². The molecule has 1 fully saturated rings. The number of alkyl carbamates (subject to hydrolysis) is 1. The van der Waals surface area contributed by atoms with Crippen molar-refractivity contribution in [2.24, 2.45) is 5.41 Å². The number of aliphatic carboxylic acids is 1. The number of hydrogen-bond acceptors (Lipinski definition) is 5. The molecule has 1 aliphatic rings. The van der Waals surface area contributed by atoms with Crippen molar-refractivity contribution in [3.63, 3.8) is 0 Å². The number of carbonyl (C=O) groups is 3. The Morgan fingerprint density at radius 2 is 1.72 bits per heavy atom. The first-order valence-corrected chi connectivity index (χ1v) is 8.33. The number of nitrogens with one attached hydrogen (secondary N) is 1. The third-order valence-corrected chi connectivity index (χ3v) is 3.96. The van der Waals surface area contributed by atoms with E-state index in [1.807, 2.05) is 0 Å². The summed E-state index contributed by atoms with van der Waals surface area (Å²) in [5.74, 6) is -1.58. The van der Waals surface area contributed by atoms with Gasteiger partial charge in [-0.2, -0.15) is 0 Å². The van der Waals surface area contributed by atoms with E-state index >= 15 is 0 Å². The predicted molar refractivity (Wildman–Crippen MR) is 91.2 cm³/mol. The van der Waals surface area contributed by atoms with E-state index in [1.165, 1.54) is 12.0 Å². The Labute approximate surface area is 148 Å². The number of likely N-dealkylation sites (tertiary alicyclic amines) is 1. The first kappa shape index (κ1) is 21.2. The number of hydrogen-bond donors (Lipinski definition) is 2. The Balaban J connectivity index is 3.02. The van der Waals surface area contributed by atoms with E-state index in [0.717, 1.165) is 0 Å². The van der Waals surface area contributed by atoms with Crippen LogP contribution in [0.5, 0.6) is 0 Å². The minimum atomic E-state index is -1.12. The molecule has 1 heterocycles. The number of nitrogens with zero attached hydrogens (tertiary/aromatic N) is 1. The fraction of sp³-hybridized carbons (Fsp3) is 0.824. The molecular formula is C17H30N2O6. The molecule has 1 rings (SSSR count). The van der Waals surface area contributed by atoms with Gasteiger partial charge < -0.3 is 24.8 Å². The molecule has 2 N–H and O–H groups in total. The van der Waals surface area contributed by atoms with Gasteiger partial charge in [0.05, 0.1) is 6.10 Å². The maximum Gasteiger partial charge on any atom is 0.408 e. The van der Waals surface area contributed by atoms with Crippen LogP contribution in [0.4, 0.5) is 4.79 Å². The highest BCUT2D eigenvalue weighted by molar-refractivity contribution is 5.90. The Hall–Kier alpha value is -1.83. The van der Waals surface area contributed by atoms with Crippen molar-refractivity contribution in [2.75, 3.05) is 13.7 Å². The van der Waals surface area contributed by atoms with E-state index in [-0.39, 0.29) is 6.54 Å². The molecule has 8 heteroatoms. The van der Waals surface area contributed by atoms with Crippen molar-refractivity contribution in [3.05, 3.63) is 0 Å². The molecule has 0 aromatic heterocycles. The lowest BCUT2D eigenvalue weighted by atomic mass is 9.85. The summed E-state index contributed by atoms with van der Waals surface area (Å²) in [5.41, 5.74) is -1.32. The SMILES string of the molecule is CO[C@@H]1CCN(C(=O)[C@@H](NC(=O)OC(C)(C)C)C(C)(C)C)[C@@H]1C(=O)O. The van der Waals surface area contributed by atoms with Gasteiger partial charge in [-0.25, -0.2) is 9.59 Å². The summed E-state index contributed by atoms with van der Waals surface area (Å²) < 4.78 is 10.4. The Morgan fingerprint density at radius 1 is 1.16 bits per heavy atom. The molecule has 144 valence electrons. The maximum atomic E-state index is 13.0. The molecule has 1 aliphatic heterocycles. The van der Waals surface area contributed by atoms with Crippen LogP contribution in [0.25, 0.3) is 0 Å². The molecule has 0 unspecified atom stereocenters. The lowest BCUT2D eigenvalue weighted by Gasteiger charge is -2.35. The third kappa shape index (κ3) is 5.59. The van der Waals surface area contributed by atoms with Crippen LogP contribution in [0.2, 0.25) is 0 Å². The molecule has 0 bridgehead atoms. The van der Waals surface area contributed by atoms with Gasteiger partial charge in [-0.05, 0) is 32.6 Å². The van der Waals surface area contributed by atoms with Crippen LogP contribution in [-0.4, -0.2) is 65.4 Å². The Kier molecular flexibility index (Phi) is 6.44. The number of carbonyl (C=O) groups excluding carboxylic acids is 2. The number of carboxylic acids is 1. The molecule has 0 aromatic rings. The summed E-state index contributed by atoms with van der Waals surface area (Å²) in [6, 6.07) is -1.98. The summed E-state index contributed by atoms with van der Waals surface area (Å²) in [7, 11) is 1.43. The summed E-state index contributed by atoms with van der Waals surface area (Å²) in [6.45, 7) is 10.8. The average Bonchev–Trinajstić information content (AvgIpc) is 2.84. The highest BCUT2D eigenvalue weighted by Crippen LogP contribution is 2.27. The second-order valence-corrected chi connectivity index (χ2v) is 8.32. The van der Waals surface area contributed by atoms with Crippen molar-refractivity contribution in [3.8, 4) is 0 Å². The Bertz CT molecular complexity index is 520. The van der Waals surface area contributed by atoms with E-state index in [9.17, 15) is 19.5 Å². The minimum Gasteiger partial charge on any atom is -0.480 e. The summed E-state index contributed by atoms with van der Waals surface area (Å²) in [6.07, 6.45) is -0.846. The van der Waals surface area contributed by atoms with Gasteiger partial charge in [0.25, 0.3) is 0 Å². The van der Waals surface area contributed by atoms with Gasteiger partial charge in [-0.1, -0.05) is 20.8 Å². The molecule has 3 atom stereocenters. The normalized spacial score (nSPS) is 22.4. The standard InChI is InChI=1S/C17H30N2O6/c1-16(2,3)12(18-15(23)25-17(4,5)6)13(20)19-9-8-10(24-7)11(19)14(21)22/h10-12H,8-9H2,1-7H3,(H,18,23)(H,21,22)/t10-,11+,12-/m1/s1. The van der Waals surface area contributed by atoms with Gasteiger partial charge in [0.2, 0.25) is 5.91 Å². The zero-order valence-corrected chi connectivity index (χ0v) is 16.1. The van der Waals surface area contributed by atoms with Gasteiger partial charge in [0, 0.05) is 13.7 Å². The maximum absolute atomic E-state index is 13.0. The van der Waals surface area contributed by atoms with Crippen molar-refractivity contribution >= 4 is 18.0 Å². The van der Waals surface area contributed by atoms with Crippen molar-refractivity contribution in [1.82, 2.24) is 10.2 Å². The molecule has 0 spiro atoms. The Morgan fingerprint density at radius 3 is 2.12 bits per heavy atom. The number of amides is 2. The van der Waals surface area contributed by atoms with E-state index in [2.05, 4.69) is 5.32 Å². The minimum absolute atomic E-state index is 0.261. The van der Waals surface area contributed by atoms with E-state index in [0.29, 0.717) is 6.42 Å². The number of ether oxygens (including phenoxy) is 2. The second kappa shape index (κ2) is 7.59. The molecule has 0 saturated carbocycles. The van der Waals surface area contributed by atoms with Crippen molar-refractivity contribution in [2.45, 2.75) is 71.8 Å². The van der Waals surface area contributed by atoms with Gasteiger partial charge >= 0.3 is 12.1 Å². The smallest absolute Gasteiger partial charge is 0.408 e. The fourth-order valence-corrected chi connectivity index (χ4v) is 2.79. The van der Waals surface area contributed by atoms with Crippen LogP contribution < -0.4 is 5.32 Å². The van der Waals surface area contributed by atoms with E-state index in [4.69, 9.17) is 9.47 Å². The van der Waals surface area contributed by atoms with Gasteiger partial charge in [-0.15, -0.1) is 0 Å². The van der Waals surface area contributed by atoms with Crippen LogP contribution in [0.1, 0.15) is 48.0 Å². The summed E-state index contributed by atoms with van der Waals surface area (Å²) in [4.78, 5) is 38.0. The monoisotopic (exact) mass is 358 g/mol. The first-order valence-electron chi connectivity index (χ1n) is 8.33. The van der Waals surface area contributed by atoms with E-state index < -0.39 is 47.2 Å². The molecular weight excluding hydrogens is 328 g/mol. The van der Waals surface area contributed by atoms with Crippen LogP contribution in [-0.2, 0) is 19.1 Å². The molecule has 0 aliphatic carbocycles. The molecule has 0 radical (unpaired) electrons. The van der Waals surface area contributed by atoms with Crippen LogP contribution in [0, 0.1) is 5.41 Å². The zero-order chi connectivity index (χ0) is 19.6. The quantitative estimate of drug-likeness (QED) is 0.791. The van der Waals surface area contributed by atoms with Crippen LogP contribution in [0.3, 0.4) is 0 Å². The number of carboxylic acid groups (broad SMARTS) is 1. The fourth-order valence-electron chi connectivity index (χ4n) is 2.79. The molecule has 2 amide bonds. The highest BCUT2D eigenvalue weighted by Gasteiger charge is 2.46. The average molecular weight is 358 g/mol. The molecule has 0 aromatic carbocycles. The van der Waals surface area contributed by atoms with Crippen LogP contribution in [0.15, 0.2) is 0 Å². The van der Waals surface area contributed by atoms with Crippen molar-refractivity contribution in [1.29, 1.82) is 0 Å².